The quantitative estimate of drug-likeness (QED) is 0.629. The molecule has 3 N–H and O–H groups in total. The first-order valence-electron chi connectivity index (χ1n) is 5.83. The Bertz CT molecular complexity index is 792. The van der Waals surface area contributed by atoms with Gasteiger partial charge in [0.15, 0.2) is 11.5 Å². The number of fused-ring (bicyclic) bond motifs is 1. The predicted octanol–water partition coefficient (Wildman–Crippen LogP) is 3.44. The molecule has 0 aliphatic heterocycles. The van der Waals surface area contributed by atoms with Gasteiger partial charge in [-0.1, -0.05) is 23.7 Å². The molecular weight excluding hydrogens is 278 g/mol. The molecule has 3 aromatic rings. The third-order valence-electron chi connectivity index (χ3n) is 2.86. The van der Waals surface area contributed by atoms with Crippen molar-refractivity contribution in [2.24, 2.45) is 0 Å². The third-order valence-corrected chi connectivity index (χ3v) is 3.19. The molecule has 0 aliphatic rings. The lowest BCUT2D eigenvalue weighted by atomic mass is 10.2. The van der Waals surface area contributed by atoms with Crippen molar-refractivity contribution in [3.8, 4) is 11.5 Å². The SMILES string of the molecule is Oc1cc2ncnc(Nc3ccccc3Cl)c2cc1O. The molecule has 0 amide bonds. The Hall–Kier alpha value is -2.53. The van der Waals surface area contributed by atoms with E-state index in [2.05, 4.69) is 15.3 Å². The topological polar surface area (TPSA) is 78.3 Å². The van der Waals surface area contributed by atoms with E-state index in [1.54, 1.807) is 6.07 Å². The second-order valence-electron chi connectivity index (χ2n) is 4.19. The number of nitrogens with zero attached hydrogens (tertiary/aromatic N) is 2. The summed E-state index contributed by atoms with van der Waals surface area (Å²) in [6.45, 7) is 0. The number of anilines is 2. The summed E-state index contributed by atoms with van der Waals surface area (Å²) in [6, 6.07) is 10.0. The first-order valence-corrected chi connectivity index (χ1v) is 6.21. The molecule has 5 nitrogen and oxygen atoms in total. The van der Waals surface area contributed by atoms with Crippen LogP contribution in [-0.2, 0) is 0 Å². The van der Waals surface area contributed by atoms with Crippen LogP contribution in [0.15, 0.2) is 42.7 Å². The normalized spacial score (nSPS) is 10.7. The smallest absolute Gasteiger partial charge is 0.159 e. The molecule has 0 spiro atoms. The fourth-order valence-corrected chi connectivity index (χ4v) is 2.05. The van der Waals surface area contributed by atoms with Crippen molar-refractivity contribution in [1.29, 1.82) is 0 Å². The van der Waals surface area contributed by atoms with Gasteiger partial charge in [0.2, 0.25) is 0 Å². The van der Waals surface area contributed by atoms with Crippen LogP contribution in [0.3, 0.4) is 0 Å². The Morgan fingerprint density at radius 1 is 1.00 bits per heavy atom. The fourth-order valence-electron chi connectivity index (χ4n) is 1.87. The van der Waals surface area contributed by atoms with Gasteiger partial charge in [-0.25, -0.2) is 9.97 Å². The number of halogens is 1. The van der Waals surface area contributed by atoms with Crippen LogP contribution in [0.25, 0.3) is 10.9 Å². The zero-order chi connectivity index (χ0) is 14.1. The maximum Gasteiger partial charge on any atom is 0.159 e. The van der Waals surface area contributed by atoms with Crippen molar-refractivity contribution in [3.63, 3.8) is 0 Å². The van der Waals surface area contributed by atoms with Crippen molar-refractivity contribution in [1.82, 2.24) is 9.97 Å². The van der Waals surface area contributed by atoms with E-state index in [0.717, 1.165) is 0 Å². The van der Waals surface area contributed by atoms with Gasteiger partial charge in [-0.2, -0.15) is 0 Å². The van der Waals surface area contributed by atoms with Gasteiger partial charge < -0.3 is 15.5 Å². The molecule has 0 saturated carbocycles. The number of aromatic nitrogens is 2. The zero-order valence-electron chi connectivity index (χ0n) is 10.2. The summed E-state index contributed by atoms with van der Waals surface area (Å²) in [6.07, 6.45) is 1.37. The molecule has 100 valence electrons. The average Bonchev–Trinajstić information content (AvgIpc) is 2.43. The van der Waals surface area contributed by atoms with Crippen LogP contribution >= 0.6 is 11.6 Å². The Morgan fingerprint density at radius 2 is 1.75 bits per heavy atom. The number of benzene rings is 2. The molecule has 6 heteroatoms. The number of para-hydroxylation sites is 1. The van der Waals surface area contributed by atoms with Crippen LogP contribution in [0.4, 0.5) is 11.5 Å². The number of hydrogen-bond acceptors (Lipinski definition) is 5. The van der Waals surface area contributed by atoms with Gasteiger partial charge in [0.1, 0.15) is 12.1 Å². The molecule has 0 fully saturated rings. The summed E-state index contributed by atoms with van der Waals surface area (Å²) in [5, 5.41) is 23.3. The van der Waals surface area contributed by atoms with Crippen LogP contribution in [-0.4, -0.2) is 20.2 Å². The van der Waals surface area contributed by atoms with E-state index in [1.165, 1.54) is 18.5 Å². The minimum atomic E-state index is -0.227. The minimum absolute atomic E-state index is 0.222. The van der Waals surface area contributed by atoms with E-state index in [-0.39, 0.29) is 11.5 Å². The molecule has 0 radical (unpaired) electrons. The number of aromatic hydroxyl groups is 2. The number of phenols is 2. The van der Waals surface area contributed by atoms with Crippen LogP contribution < -0.4 is 5.32 Å². The van der Waals surface area contributed by atoms with Gasteiger partial charge in [0.05, 0.1) is 16.2 Å². The fraction of sp³-hybridized carbons (Fsp3) is 0. The molecule has 0 atom stereocenters. The average molecular weight is 288 g/mol. The maximum atomic E-state index is 9.60. The summed E-state index contributed by atoms with van der Waals surface area (Å²) >= 11 is 6.09. The molecule has 0 aliphatic carbocycles. The molecule has 20 heavy (non-hydrogen) atoms. The van der Waals surface area contributed by atoms with Gasteiger partial charge in [-0.15, -0.1) is 0 Å². The monoisotopic (exact) mass is 287 g/mol. The molecule has 3 rings (SSSR count). The van der Waals surface area contributed by atoms with Gasteiger partial charge in [-0.3, -0.25) is 0 Å². The predicted molar refractivity (Wildman–Crippen MR) is 77.6 cm³/mol. The highest BCUT2D eigenvalue weighted by Gasteiger charge is 2.09. The molecule has 2 aromatic carbocycles. The van der Waals surface area contributed by atoms with Crippen molar-refractivity contribution in [2.75, 3.05) is 5.32 Å². The highest BCUT2D eigenvalue weighted by atomic mass is 35.5. The van der Waals surface area contributed by atoms with Crippen molar-refractivity contribution < 1.29 is 10.2 Å². The number of rotatable bonds is 2. The van der Waals surface area contributed by atoms with Crippen LogP contribution in [0.2, 0.25) is 5.02 Å². The Labute approximate surface area is 119 Å². The molecule has 0 saturated heterocycles. The highest BCUT2D eigenvalue weighted by Crippen LogP contribution is 2.33. The minimum Gasteiger partial charge on any atom is -0.504 e. The Balaban J connectivity index is 2.12. The summed E-state index contributed by atoms with van der Waals surface area (Å²) in [5.74, 6) is 0.0489. The summed E-state index contributed by atoms with van der Waals surface area (Å²) in [5.41, 5.74) is 1.21. The van der Waals surface area contributed by atoms with E-state index in [9.17, 15) is 10.2 Å². The van der Waals surface area contributed by atoms with E-state index >= 15 is 0 Å². The van der Waals surface area contributed by atoms with Crippen LogP contribution in [0.1, 0.15) is 0 Å². The Kier molecular flexibility index (Phi) is 3.04. The molecule has 0 bridgehead atoms. The van der Waals surface area contributed by atoms with Gasteiger partial charge in [0.25, 0.3) is 0 Å². The summed E-state index contributed by atoms with van der Waals surface area (Å²) in [4.78, 5) is 8.19. The second kappa shape index (κ2) is 4.86. The Morgan fingerprint density at radius 3 is 2.55 bits per heavy atom. The zero-order valence-corrected chi connectivity index (χ0v) is 11.0. The first kappa shape index (κ1) is 12.5. The van der Waals surface area contributed by atoms with Gasteiger partial charge in [-0.05, 0) is 18.2 Å². The van der Waals surface area contributed by atoms with Crippen molar-refractivity contribution in [3.05, 3.63) is 47.7 Å². The molecule has 0 unspecified atom stereocenters. The first-order chi connectivity index (χ1) is 9.65. The van der Waals surface area contributed by atoms with Gasteiger partial charge in [0, 0.05) is 11.5 Å². The second-order valence-corrected chi connectivity index (χ2v) is 4.59. The van der Waals surface area contributed by atoms with E-state index in [4.69, 9.17) is 11.6 Å². The number of phenolic OH excluding ortho intramolecular Hbond substituents is 2. The maximum absolute atomic E-state index is 9.60. The lowest BCUT2D eigenvalue weighted by molar-refractivity contribution is 0.405. The van der Waals surface area contributed by atoms with E-state index in [1.807, 2.05) is 18.2 Å². The van der Waals surface area contributed by atoms with Crippen molar-refractivity contribution >= 4 is 34.0 Å². The third kappa shape index (κ3) is 2.19. The van der Waals surface area contributed by atoms with Crippen molar-refractivity contribution in [2.45, 2.75) is 0 Å². The van der Waals surface area contributed by atoms with Crippen LogP contribution in [0.5, 0.6) is 11.5 Å². The number of nitrogens with one attached hydrogen (secondary N) is 1. The summed E-state index contributed by atoms with van der Waals surface area (Å²) in [7, 11) is 0. The highest BCUT2D eigenvalue weighted by molar-refractivity contribution is 6.33. The standard InChI is InChI=1S/C14H10ClN3O2/c15-9-3-1-2-4-10(9)18-14-8-5-12(19)13(20)6-11(8)16-7-17-14/h1-7,19-20H,(H,16,17,18). The van der Waals surface area contributed by atoms with E-state index < -0.39 is 0 Å². The van der Waals surface area contributed by atoms with Gasteiger partial charge >= 0.3 is 0 Å². The van der Waals surface area contributed by atoms with E-state index in [0.29, 0.717) is 27.4 Å². The summed E-state index contributed by atoms with van der Waals surface area (Å²) < 4.78 is 0. The molecule has 1 heterocycles. The lowest BCUT2D eigenvalue weighted by Crippen LogP contribution is -1.96. The molecular formula is C14H10ClN3O2. The largest absolute Gasteiger partial charge is 0.504 e. The number of hydrogen-bond donors (Lipinski definition) is 3. The molecule has 1 aromatic heterocycles. The van der Waals surface area contributed by atoms with Crippen LogP contribution in [0, 0.1) is 0 Å². The lowest BCUT2D eigenvalue weighted by Gasteiger charge is -2.10.